The molecule has 1 saturated carbocycles. The molecule has 1 aliphatic rings. The van der Waals surface area contributed by atoms with Gasteiger partial charge in [-0.2, -0.15) is 11.8 Å². The molecule has 1 aromatic rings. The summed E-state index contributed by atoms with van der Waals surface area (Å²) in [6.45, 7) is 6.70. The van der Waals surface area contributed by atoms with Crippen LogP contribution in [0.2, 0.25) is 0 Å². The molecule has 0 spiro atoms. The lowest BCUT2D eigenvalue weighted by Crippen LogP contribution is -2.41. The highest BCUT2D eigenvalue weighted by Crippen LogP contribution is 2.28. The van der Waals surface area contributed by atoms with E-state index in [1.54, 1.807) is 12.1 Å². The predicted octanol–water partition coefficient (Wildman–Crippen LogP) is 3.93. The first-order valence-corrected chi connectivity index (χ1v) is 12.9. The van der Waals surface area contributed by atoms with Gasteiger partial charge in [-0.25, -0.2) is 8.42 Å². The number of benzene rings is 1. The first-order chi connectivity index (χ1) is 13.1. The number of hydrogen-bond acceptors (Lipinski definition) is 4. The van der Waals surface area contributed by atoms with E-state index in [0.29, 0.717) is 17.5 Å². The zero-order chi connectivity index (χ0) is 20.8. The van der Waals surface area contributed by atoms with E-state index < -0.39 is 10.0 Å². The van der Waals surface area contributed by atoms with Crippen LogP contribution in [0.15, 0.2) is 24.3 Å². The SMILES string of the molecule is CC(C)(C)c1ccc(N(CC(=O)NCCSC2CCCCC2)S(C)(=O)=O)cc1. The highest BCUT2D eigenvalue weighted by atomic mass is 32.2. The molecule has 158 valence electrons. The molecule has 1 N–H and O–H groups in total. The average Bonchev–Trinajstić information content (AvgIpc) is 2.63. The van der Waals surface area contributed by atoms with Gasteiger partial charge in [-0.15, -0.1) is 0 Å². The van der Waals surface area contributed by atoms with Crippen molar-refractivity contribution in [1.29, 1.82) is 0 Å². The molecule has 1 amide bonds. The second-order valence-electron chi connectivity index (χ2n) is 8.55. The van der Waals surface area contributed by atoms with Gasteiger partial charge in [0, 0.05) is 17.5 Å². The number of rotatable bonds is 8. The van der Waals surface area contributed by atoms with Crippen molar-refractivity contribution in [2.75, 3.05) is 29.4 Å². The van der Waals surface area contributed by atoms with Gasteiger partial charge < -0.3 is 5.32 Å². The highest BCUT2D eigenvalue weighted by Gasteiger charge is 2.22. The summed E-state index contributed by atoms with van der Waals surface area (Å²) in [6, 6.07) is 7.39. The molecule has 0 bridgehead atoms. The third-order valence-electron chi connectivity index (χ3n) is 5.04. The molecule has 1 aliphatic carbocycles. The molecule has 28 heavy (non-hydrogen) atoms. The quantitative estimate of drug-likeness (QED) is 0.640. The molecule has 2 rings (SSSR count). The van der Waals surface area contributed by atoms with Crippen molar-refractivity contribution in [3.05, 3.63) is 29.8 Å². The van der Waals surface area contributed by atoms with Crippen molar-refractivity contribution in [3.8, 4) is 0 Å². The third kappa shape index (κ3) is 7.32. The van der Waals surface area contributed by atoms with Gasteiger partial charge in [-0.1, -0.05) is 52.2 Å². The van der Waals surface area contributed by atoms with Crippen molar-refractivity contribution < 1.29 is 13.2 Å². The number of anilines is 1. The molecule has 5 nitrogen and oxygen atoms in total. The Bertz CT molecular complexity index is 734. The van der Waals surface area contributed by atoms with Crippen LogP contribution >= 0.6 is 11.8 Å². The van der Waals surface area contributed by atoms with E-state index in [-0.39, 0.29) is 17.9 Å². The van der Waals surface area contributed by atoms with Crippen molar-refractivity contribution >= 4 is 33.4 Å². The minimum absolute atomic E-state index is 0.0121. The smallest absolute Gasteiger partial charge is 0.240 e. The second-order valence-corrected chi connectivity index (χ2v) is 11.9. The Kier molecular flexibility index (Phi) is 8.25. The molecule has 1 fully saturated rings. The summed E-state index contributed by atoms with van der Waals surface area (Å²) in [5, 5.41) is 3.57. The lowest BCUT2D eigenvalue weighted by molar-refractivity contribution is -0.119. The Hall–Kier alpha value is -1.21. The van der Waals surface area contributed by atoms with E-state index in [0.717, 1.165) is 17.6 Å². The van der Waals surface area contributed by atoms with E-state index in [9.17, 15) is 13.2 Å². The van der Waals surface area contributed by atoms with Gasteiger partial charge in [0.1, 0.15) is 6.54 Å². The molecule has 7 heteroatoms. The number of sulfonamides is 1. The summed E-state index contributed by atoms with van der Waals surface area (Å²) in [5.74, 6) is 0.602. The lowest BCUT2D eigenvalue weighted by atomic mass is 9.87. The van der Waals surface area contributed by atoms with Gasteiger partial charge in [-0.3, -0.25) is 9.10 Å². The van der Waals surface area contributed by atoms with Crippen LogP contribution in [-0.4, -0.2) is 44.7 Å². The number of carbonyl (C=O) groups excluding carboxylic acids is 1. The topological polar surface area (TPSA) is 66.5 Å². The summed E-state index contributed by atoms with van der Waals surface area (Å²) in [5.41, 5.74) is 1.62. The number of hydrogen-bond donors (Lipinski definition) is 1. The average molecular weight is 427 g/mol. The summed E-state index contributed by atoms with van der Waals surface area (Å²) >= 11 is 1.92. The molecule has 0 saturated heterocycles. The van der Waals surface area contributed by atoms with Crippen LogP contribution in [-0.2, 0) is 20.2 Å². The zero-order valence-corrected chi connectivity index (χ0v) is 19.2. The van der Waals surface area contributed by atoms with Crippen LogP contribution in [0.1, 0.15) is 58.4 Å². The maximum absolute atomic E-state index is 12.3. The van der Waals surface area contributed by atoms with Gasteiger partial charge in [0.15, 0.2) is 0 Å². The fourth-order valence-corrected chi connectivity index (χ4v) is 5.44. The monoisotopic (exact) mass is 426 g/mol. The Morgan fingerprint density at radius 3 is 2.29 bits per heavy atom. The van der Waals surface area contributed by atoms with Gasteiger partial charge in [0.25, 0.3) is 0 Å². The first-order valence-electron chi connectivity index (χ1n) is 10.0. The largest absolute Gasteiger partial charge is 0.354 e. The number of thioether (sulfide) groups is 1. The highest BCUT2D eigenvalue weighted by molar-refractivity contribution is 7.99. The maximum Gasteiger partial charge on any atom is 0.240 e. The fourth-order valence-electron chi connectivity index (χ4n) is 3.36. The van der Waals surface area contributed by atoms with Crippen LogP contribution < -0.4 is 9.62 Å². The molecule has 0 aliphatic heterocycles. The molecule has 0 aromatic heterocycles. The van der Waals surface area contributed by atoms with Crippen LogP contribution in [0, 0.1) is 0 Å². The van der Waals surface area contributed by atoms with Gasteiger partial charge in [0.05, 0.1) is 11.9 Å². The van der Waals surface area contributed by atoms with E-state index in [4.69, 9.17) is 0 Å². The lowest BCUT2D eigenvalue weighted by Gasteiger charge is -2.24. The number of carbonyl (C=O) groups is 1. The van der Waals surface area contributed by atoms with Crippen LogP contribution in [0.25, 0.3) is 0 Å². The zero-order valence-electron chi connectivity index (χ0n) is 17.5. The standard InChI is InChI=1S/C21H34N2O3S2/c1-21(2,3)17-10-12-18(13-11-17)23(28(4,25)26)16-20(24)22-14-15-27-19-8-6-5-7-9-19/h10-13,19H,5-9,14-16H2,1-4H3,(H,22,24). The first kappa shape index (κ1) is 23.1. The molecule has 0 atom stereocenters. The fraction of sp³-hybridized carbons (Fsp3) is 0.667. The summed E-state index contributed by atoms with van der Waals surface area (Å²) in [7, 11) is -3.54. The Morgan fingerprint density at radius 2 is 1.75 bits per heavy atom. The van der Waals surface area contributed by atoms with Crippen LogP contribution in [0.3, 0.4) is 0 Å². The normalized spacial score (nSPS) is 16.0. The number of amides is 1. The summed E-state index contributed by atoms with van der Waals surface area (Å²) < 4.78 is 25.6. The van der Waals surface area contributed by atoms with E-state index >= 15 is 0 Å². The van der Waals surface area contributed by atoms with Crippen molar-refractivity contribution in [2.24, 2.45) is 0 Å². The van der Waals surface area contributed by atoms with Crippen LogP contribution in [0.4, 0.5) is 5.69 Å². The van der Waals surface area contributed by atoms with E-state index in [1.807, 2.05) is 23.9 Å². The Morgan fingerprint density at radius 1 is 1.14 bits per heavy atom. The maximum atomic E-state index is 12.3. The van der Waals surface area contributed by atoms with Crippen molar-refractivity contribution in [1.82, 2.24) is 5.32 Å². The predicted molar refractivity (Wildman–Crippen MR) is 120 cm³/mol. The van der Waals surface area contributed by atoms with Crippen molar-refractivity contribution in [2.45, 2.75) is 63.5 Å². The summed E-state index contributed by atoms with van der Waals surface area (Å²) in [6.07, 6.45) is 7.63. The molecule has 0 radical (unpaired) electrons. The Balaban J connectivity index is 1.90. The number of nitrogens with one attached hydrogen (secondary N) is 1. The molecule has 1 aromatic carbocycles. The molecular formula is C21H34N2O3S2. The van der Waals surface area contributed by atoms with E-state index in [2.05, 4.69) is 26.1 Å². The molecule has 0 heterocycles. The number of nitrogens with zero attached hydrogens (tertiary/aromatic N) is 1. The minimum atomic E-state index is -3.54. The van der Waals surface area contributed by atoms with Crippen LogP contribution in [0.5, 0.6) is 0 Å². The second kappa shape index (κ2) is 10.0. The van der Waals surface area contributed by atoms with Gasteiger partial charge >= 0.3 is 0 Å². The van der Waals surface area contributed by atoms with E-state index in [1.165, 1.54) is 36.4 Å². The van der Waals surface area contributed by atoms with Crippen molar-refractivity contribution in [3.63, 3.8) is 0 Å². The Labute approximate surface area is 174 Å². The molecule has 0 unspecified atom stereocenters. The molecular weight excluding hydrogens is 392 g/mol. The van der Waals surface area contributed by atoms with Gasteiger partial charge in [-0.05, 0) is 36.0 Å². The van der Waals surface area contributed by atoms with Gasteiger partial charge in [0.2, 0.25) is 15.9 Å². The third-order valence-corrected chi connectivity index (χ3v) is 7.56. The summed E-state index contributed by atoms with van der Waals surface area (Å²) in [4.78, 5) is 12.3. The minimum Gasteiger partial charge on any atom is -0.354 e.